The van der Waals surface area contributed by atoms with Gasteiger partial charge in [-0.15, -0.1) is 0 Å². The normalized spacial score (nSPS) is 10.7. The predicted octanol–water partition coefficient (Wildman–Crippen LogP) is 6.92. The maximum Gasteiger partial charge on any atom is 0.141 e. The van der Waals surface area contributed by atoms with E-state index in [0.29, 0.717) is 34.2 Å². The van der Waals surface area contributed by atoms with Gasteiger partial charge in [0.2, 0.25) is 0 Å². The largest absolute Gasteiger partial charge is 0.244 e. The lowest BCUT2D eigenvalue weighted by atomic mass is 9.91. The van der Waals surface area contributed by atoms with Gasteiger partial charge in [-0.1, -0.05) is 60.7 Å². The molecular formula is C31H17N5. The van der Waals surface area contributed by atoms with Crippen molar-refractivity contribution >= 4 is 21.5 Å². The number of nitriles is 2. The second-order valence-corrected chi connectivity index (χ2v) is 8.36. The Kier molecular flexibility index (Phi) is 5.15. The van der Waals surface area contributed by atoms with E-state index >= 15 is 0 Å². The Balaban J connectivity index is 1.70. The maximum atomic E-state index is 9.40. The number of pyridine rings is 3. The number of hydrogen-bond donors (Lipinski definition) is 0. The third-order valence-corrected chi connectivity index (χ3v) is 6.14. The number of hydrogen-bond acceptors (Lipinski definition) is 5. The Morgan fingerprint density at radius 2 is 0.972 bits per heavy atom. The van der Waals surface area contributed by atoms with Crippen LogP contribution in [0.4, 0.5) is 0 Å². The SMILES string of the molecule is N#Cc1cccc(-c2cc(-c3c4ccccc4cc4ccccc34)cc(-c3cccc(C#N)n3)n2)n1. The molecule has 3 heterocycles. The third kappa shape index (κ3) is 3.72. The summed E-state index contributed by atoms with van der Waals surface area (Å²) >= 11 is 0. The van der Waals surface area contributed by atoms with Crippen molar-refractivity contribution in [1.82, 2.24) is 15.0 Å². The van der Waals surface area contributed by atoms with Crippen LogP contribution in [-0.4, -0.2) is 15.0 Å². The first kappa shape index (κ1) is 21.2. The summed E-state index contributed by atoms with van der Waals surface area (Å²) in [6.07, 6.45) is 0. The zero-order valence-electron chi connectivity index (χ0n) is 19.1. The van der Waals surface area contributed by atoms with E-state index in [4.69, 9.17) is 4.98 Å². The van der Waals surface area contributed by atoms with Crippen molar-refractivity contribution in [2.45, 2.75) is 0 Å². The molecular weight excluding hydrogens is 442 g/mol. The lowest BCUT2D eigenvalue weighted by Gasteiger charge is -2.14. The van der Waals surface area contributed by atoms with E-state index in [1.807, 2.05) is 48.5 Å². The number of benzene rings is 3. The maximum absolute atomic E-state index is 9.40. The first-order chi connectivity index (χ1) is 17.7. The van der Waals surface area contributed by atoms with Crippen LogP contribution in [0.15, 0.2) is 103 Å². The molecule has 3 aromatic heterocycles. The van der Waals surface area contributed by atoms with Crippen LogP contribution in [0.3, 0.4) is 0 Å². The highest BCUT2D eigenvalue weighted by molar-refractivity contribution is 6.13. The molecule has 36 heavy (non-hydrogen) atoms. The van der Waals surface area contributed by atoms with Crippen LogP contribution < -0.4 is 0 Å². The van der Waals surface area contributed by atoms with Crippen molar-refractivity contribution in [1.29, 1.82) is 10.5 Å². The summed E-state index contributed by atoms with van der Waals surface area (Å²) in [6, 6.07) is 37.7. The number of aromatic nitrogens is 3. The van der Waals surface area contributed by atoms with Gasteiger partial charge in [0.25, 0.3) is 0 Å². The van der Waals surface area contributed by atoms with Crippen molar-refractivity contribution < 1.29 is 0 Å². The summed E-state index contributed by atoms with van der Waals surface area (Å²) in [5.74, 6) is 0. The van der Waals surface area contributed by atoms with E-state index in [0.717, 1.165) is 32.7 Å². The molecule has 6 rings (SSSR count). The van der Waals surface area contributed by atoms with Gasteiger partial charge in [0.1, 0.15) is 23.5 Å². The molecule has 166 valence electrons. The number of rotatable bonds is 3. The molecule has 6 aromatic rings. The van der Waals surface area contributed by atoms with Crippen molar-refractivity contribution in [3.8, 4) is 46.0 Å². The van der Waals surface area contributed by atoms with Crippen molar-refractivity contribution in [3.05, 3.63) is 115 Å². The second-order valence-electron chi connectivity index (χ2n) is 8.36. The van der Waals surface area contributed by atoms with E-state index in [1.165, 1.54) is 0 Å². The minimum Gasteiger partial charge on any atom is -0.244 e. The topological polar surface area (TPSA) is 86.2 Å². The molecule has 0 amide bonds. The molecule has 0 saturated heterocycles. The third-order valence-electron chi connectivity index (χ3n) is 6.14. The van der Waals surface area contributed by atoms with Crippen molar-refractivity contribution in [2.75, 3.05) is 0 Å². The van der Waals surface area contributed by atoms with E-state index in [-0.39, 0.29) is 0 Å². The molecule has 5 nitrogen and oxygen atoms in total. The summed E-state index contributed by atoms with van der Waals surface area (Å²) in [7, 11) is 0. The average molecular weight is 460 g/mol. The van der Waals surface area contributed by atoms with Crippen LogP contribution in [0.5, 0.6) is 0 Å². The molecule has 0 fully saturated rings. The van der Waals surface area contributed by atoms with Gasteiger partial charge in [-0.2, -0.15) is 10.5 Å². The second kappa shape index (κ2) is 8.76. The van der Waals surface area contributed by atoms with E-state index in [2.05, 4.69) is 52.4 Å². The lowest BCUT2D eigenvalue weighted by Crippen LogP contribution is -1.96. The molecule has 0 aliphatic heterocycles. The van der Waals surface area contributed by atoms with Crippen molar-refractivity contribution in [3.63, 3.8) is 0 Å². The minimum absolute atomic E-state index is 0.321. The molecule has 0 atom stereocenters. The van der Waals surface area contributed by atoms with Gasteiger partial charge < -0.3 is 0 Å². The van der Waals surface area contributed by atoms with Crippen LogP contribution in [0.25, 0.3) is 55.4 Å². The Morgan fingerprint density at radius 3 is 1.47 bits per heavy atom. The van der Waals surface area contributed by atoms with Crippen LogP contribution in [-0.2, 0) is 0 Å². The van der Waals surface area contributed by atoms with E-state index < -0.39 is 0 Å². The smallest absolute Gasteiger partial charge is 0.141 e. The molecule has 0 radical (unpaired) electrons. The highest BCUT2D eigenvalue weighted by Gasteiger charge is 2.15. The van der Waals surface area contributed by atoms with Gasteiger partial charge in [0, 0.05) is 0 Å². The quantitative estimate of drug-likeness (QED) is 0.268. The average Bonchev–Trinajstić information content (AvgIpc) is 2.95. The summed E-state index contributed by atoms with van der Waals surface area (Å²) < 4.78 is 0. The monoisotopic (exact) mass is 459 g/mol. The molecule has 3 aromatic carbocycles. The van der Waals surface area contributed by atoms with Gasteiger partial charge in [0.15, 0.2) is 0 Å². The predicted molar refractivity (Wildman–Crippen MR) is 141 cm³/mol. The van der Waals surface area contributed by atoms with E-state index in [1.54, 1.807) is 24.3 Å². The Morgan fingerprint density at radius 1 is 0.472 bits per heavy atom. The van der Waals surface area contributed by atoms with E-state index in [9.17, 15) is 10.5 Å². The molecule has 0 N–H and O–H groups in total. The van der Waals surface area contributed by atoms with Crippen molar-refractivity contribution in [2.24, 2.45) is 0 Å². The Labute approximate surface area is 207 Å². The molecule has 0 aliphatic rings. The lowest BCUT2D eigenvalue weighted by molar-refractivity contribution is 1.19. The summed E-state index contributed by atoms with van der Waals surface area (Å²) in [5, 5.41) is 23.3. The highest BCUT2D eigenvalue weighted by atomic mass is 14.8. The molecule has 0 bridgehead atoms. The fraction of sp³-hybridized carbons (Fsp3) is 0. The van der Waals surface area contributed by atoms with Gasteiger partial charge in [-0.25, -0.2) is 15.0 Å². The first-order valence-electron chi connectivity index (χ1n) is 11.4. The standard InChI is InChI=1S/C31H17N5/c32-18-23-9-5-13-27(34-23)29-16-22(17-30(36-29)28-14-6-10-24(19-33)35-28)31-25-11-3-1-7-20(25)15-21-8-2-4-12-26(21)31/h1-17H. The molecule has 0 unspecified atom stereocenters. The van der Waals surface area contributed by atoms with Crippen LogP contribution in [0.1, 0.15) is 11.4 Å². The molecule has 0 saturated carbocycles. The summed E-state index contributed by atoms with van der Waals surface area (Å²) in [4.78, 5) is 13.9. The fourth-order valence-electron chi connectivity index (χ4n) is 4.54. The first-order valence-corrected chi connectivity index (χ1v) is 11.4. The zero-order chi connectivity index (χ0) is 24.5. The Hall–Kier alpha value is -5.39. The number of nitrogens with zero attached hydrogens (tertiary/aromatic N) is 5. The highest BCUT2D eigenvalue weighted by Crippen LogP contribution is 2.38. The van der Waals surface area contributed by atoms with Gasteiger partial charge in [-0.05, 0) is 75.1 Å². The van der Waals surface area contributed by atoms with Crippen LogP contribution >= 0.6 is 0 Å². The Bertz CT molecular complexity index is 1750. The molecule has 0 aliphatic carbocycles. The summed E-state index contributed by atoms with van der Waals surface area (Å²) in [5.41, 5.74) is 5.12. The molecule has 0 spiro atoms. The fourth-order valence-corrected chi connectivity index (χ4v) is 4.54. The van der Waals surface area contributed by atoms with Crippen LogP contribution in [0, 0.1) is 22.7 Å². The summed E-state index contributed by atoms with van der Waals surface area (Å²) in [6.45, 7) is 0. The zero-order valence-corrected chi connectivity index (χ0v) is 19.1. The van der Waals surface area contributed by atoms with Gasteiger partial charge >= 0.3 is 0 Å². The number of fused-ring (bicyclic) bond motifs is 2. The minimum atomic E-state index is 0.321. The van der Waals surface area contributed by atoms with Gasteiger partial charge in [-0.3, -0.25) is 0 Å². The molecule has 5 heteroatoms. The van der Waals surface area contributed by atoms with Crippen LogP contribution in [0.2, 0.25) is 0 Å². The van der Waals surface area contributed by atoms with Gasteiger partial charge in [0.05, 0.1) is 22.8 Å².